The molecule has 6 rings (SSSR count). The minimum Gasteiger partial charge on any atom is -0.493 e. The second-order valence-electron chi connectivity index (χ2n) is 10.3. The van der Waals surface area contributed by atoms with E-state index in [9.17, 15) is 4.79 Å². The van der Waals surface area contributed by atoms with Gasteiger partial charge in [0.15, 0.2) is 28.5 Å². The third kappa shape index (κ3) is 4.05. The van der Waals surface area contributed by atoms with Crippen molar-refractivity contribution >= 4 is 22.9 Å². The summed E-state index contributed by atoms with van der Waals surface area (Å²) in [6.45, 7) is 3.75. The van der Waals surface area contributed by atoms with E-state index in [-0.39, 0.29) is 17.4 Å². The number of hydrogen-bond donors (Lipinski definition) is 1. The summed E-state index contributed by atoms with van der Waals surface area (Å²) < 4.78 is 12.8. The van der Waals surface area contributed by atoms with Gasteiger partial charge in [-0.25, -0.2) is 14.6 Å². The van der Waals surface area contributed by atoms with Gasteiger partial charge in [-0.1, -0.05) is 5.21 Å². The van der Waals surface area contributed by atoms with Crippen molar-refractivity contribution in [2.24, 2.45) is 13.0 Å². The minimum absolute atomic E-state index is 0.0650. The van der Waals surface area contributed by atoms with Crippen LogP contribution in [0.2, 0.25) is 0 Å². The van der Waals surface area contributed by atoms with Gasteiger partial charge in [-0.15, -0.1) is 5.10 Å². The van der Waals surface area contributed by atoms with Gasteiger partial charge in [-0.3, -0.25) is 4.79 Å². The van der Waals surface area contributed by atoms with E-state index in [1.165, 1.54) is 11.1 Å². The highest BCUT2D eigenvalue weighted by molar-refractivity contribution is 5.83. The van der Waals surface area contributed by atoms with Crippen molar-refractivity contribution in [3.8, 4) is 11.5 Å². The second kappa shape index (κ2) is 9.44. The van der Waals surface area contributed by atoms with Gasteiger partial charge >= 0.3 is 0 Å². The molecule has 3 aliphatic rings. The maximum Gasteiger partial charge on any atom is 0.225 e. The molecule has 0 radical (unpaired) electrons. The molecule has 4 heterocycles. The van der Waals surface area contributed by atoms with Crippen molar-refractivity contribution in [3.05, 3.63) is 29.6 Å². The summed E-state index contributed by atoms with van der Waals surface area (Å²) in [6.07, 6.45) is 6.17. The monoisotopic (exact) mass is 506 g/mol. The van der Waals surface area contributed by atoms with Gasteiger partial charge in [0.1, 0.15) is 6.33 Å². The number of aryl methyl sites for hydroxylation is 1. The number of fused-ring (bicyclic) bond motifs is 3. The summed E-state index contributed by atoms with van der Waals surface area (Å²) >= 11 is 0. The molecule has 2 aliphatic heterocycles. The lowest BCUT2D eigenvalue weighted by Crippen LogP contribution is -2.53. The summed E-state index contributed by atoms with van der Waals surface area (Å²) in [5.41, 5.74) is 3.94. The van der Waals surface area contributed by atoms with Crippen LogP contribution in [0, 0.1) is 5.92 Å². The van der Waals surface area contributed by atoms with Gasteiger partial charge in [-0.05, 0) is 55.4 Å². The average Bonchev–Trinajstić information content (AvgIpc) is 3.33. The van der Waals surface area contributed by atoms with Crippen LogP contribution in [-0.4, -0.2) is 82.7 Å². The predicted molar refractivity (Wildman–Crippen MR) is 138 cm³/mol. The van der Waals surface area contributed by atoms with Crippen LogP contribution in [0.5, 0.6) is 11.5 Å². The molecule has 11 nitrogen and oxygen atoms in total. The number of aromatic nitrogens is 5. The Morgan fingerprint density at radius 3 is 2.51 bits per heavy atom. The SMILES string of the molecule is COc1cc2c(cc1OC)C1(CCC(C(=O)N3CCN(c4ncnc5c4nnn5C)CC3)CC1)NCC2. The topological polar surface area (TPSA) is 111 Å². The fraction of sp³-hybridized carbons (Fsp3) is 0.577. The standard InChI is InChI=1S/C26H34N8O3/c1-32-23-22(30-31-32)24(28-16-27-23)33-10-12-34(13-11-33)25(35)17-4-7-26(8-5-17)19-15-21(37-3)20(36-2)14-18(19)6-9-29-26/h14-17,29H,4-13H2,1-3H3. The van der Waals surface area contributed by atoms with Crippen LogP contribution in [0.4, 0.5) is 5.82 Å². The Morgan fingerprint density at radius 1 is 1.05 bits per heavy atom. The summed E-state index contributed by atoms with van der Waals surface area (Å²) in [7, 11) is 5.19. The molecule has 0 unspecified atom stereocenters. The molecular weight excluding hydrogens is 472 g/mol. The number of nitrogens with zero attached hydrogens (tertiary/aromatic N) is 7. The number of nitrogens with one attached hydrogen (secondary N) is 1. The first-order valence-corrected chi connectivity index (χ1v) is 13.1. The van der Waals surface area contributed by atoms with Crippen LogP contribution >= 0.6 is 0 Å². The van der Waals surface area contributed by atoms with Gasteiger partial charge in [0, 0.05) is 51.2 Å². The quantitative estimate of drug-likeness (QED) is 0.565. The molecular formula is C26H34N8O3. The normalized spacial score (nSPS) is 23.8. The van der Waals surface area contributed by atoms with Crippen LogP contribution in [-0.2, 0) is 23.8 Å². The molecule has 1 amide bonds. The highest BCUT2D eigenvalue weighted by Gasteiger charge is 2.43. The molecule has 1 N–H and O–H groups in total. The lowest BCUT2D eigenvalue weighted by atomic mass is 9.69. The molecule has 1 saturated carbocycles. The number of anilines is 1. The zero-order valence-electron chi connectivity index (χ0n) is 21.7. The molecule has 3 aromatic rings. The van der Waals surface area contributed by atoms with Crippen LogP contribution in [0.1, 0.15) is 36.8 Å². The summed E-state index contributed by atoms with van der Waals surface area (Å²) in [6, 6.07) is 4.27. The van der Waals surface area contributed by atoms with Crippen LogP contribution in [0.15, 0.2) is 18.5 Å². The zero-order valence-corrected chi connectivity index (χ0v) is 21.7. The number of ether oxygens (including phenoxy) is 2. The first-order valence-electron chi connectivity index (χ1n) is 13.1. The van der Waals surface area contributed by atoms with E-state index in [4.69, 9.17) is 9.47 Å². The number of carbonyl (C=O) groups is 1. The van der Waals surface area contributed by atoms with Gasteiger partial charge in [0.2, 0.25) is 5.91 Å². The van der Waals surface area contributed by atoms with Crippen molar-refractivity contribution in [3.63, 3.8) is 0 Å². The molecule has 196 valence electrons. The Morgan fingerprint density at radius 2 is 1.78 bits per heavy atom. The first kappa shape index (κ1) is 23.9. The maximum absolute atomic E-state index is 13.5. The van der Waals surface area contributed by atoms with E-state index in [0.29, 0.717) is 24.3 Å². The van der Waals surface area contributed by atoms with E-state index in [1.807, 2.05) is 11.9 Å². The summed E-state index contributed by atoms with van der Waals surface area (Å²) in [5.74, 6) is 2.69. The van der Waals surface area contributed by atoms with E-state index >= 15 is 0 Å². The Labute approximate surface area is 216 Å². The smallest absolute Gasteiger partial charge is 0.225 e. The highest BCUT2D eigenvalue weighted by Crippen LogP contribution is 2.46. The van der Waals surface area contributed by atoms with Crippen molar-refractivity contribution in [1.82, 2.24) is 35.2 Å². The van der Waals surface area contributed by atoms with E-state index in [1.54, 1.807) is 25.2 Å². The van der Waals surface area contributed by atoms with Crippen LogP contribution in [0.3, 0.4) is 0 Å². The minimum atomic E-state index is -0.0995. The third-order valence-corrected chi connectivity index (χ3v) is 8.43. The highest BCUT2D eigenvalue weighted by atomic mass is 16.5. The predicted octanol–water partition coefficient (Wildman–Crippen LogP) is 1.66. The zero-order chi connectivity index (χ0) is 25.6. The van der Waals surface area contributed by atoms with Gasteiger partial charge < -0.3 is 24.6 Å². The molecule has 37 heavy (non-hydrogen) atoms. The Kier molecular flexibility index (Phi) is 6.10. The molecule has 1 aliphatic carbocycles. The molecule has 2 fully saturated rings. The summed E-state index contributed by atoms with van der Waals surface area (Å²) in [5, 5.41) is 12.1. The third-order valence-electron chi connectivity index (χ3n) is 8.43. The van der Waals surface area contributed by atoms with Gasteiger partial charge in [0.25, 0.3) is 0 Å². The van der Waals surface area contributed by atoms with E-state index < -0.39 is 0 Å². The molecule has 2 aromatic heterocycles. The lowest BCUT2D eigenvalue weighted by molar-refractivity contribution is -0.137. The van der Waals surface area contributed by atoms with Crippen molar-refractivity contribution in [1.29, 1.82) is 0 Å². The number of carbonyl (C=O) groups excluding carboxylic acids is 1. The lowest BCUT2D eigenvalue weighted by Gasteiger charge is -2.46. The number of amides is 1. The molecule has 0 bridgehead atoms. The molecule has 1 aromatic carbocycles. The first-order chi connectivity index (χ1) is 18.0. The van der Waals surface area contributed by atoms with Crippen molar-refractivity contribution in [2.45, 2.75) is 37.6 Å². The summed E-state index contributed by atoms with van der Waals surface area (Å²) in [4.78, 5) is 26.5. The second-order valence-corrected chi connectivity index (χ2v) is 10.3. The number of rotatable bonds is 4. The number of benzene rings is 1. The van der Waals surface area contributed by atoms with E-state index in [2.05, 4.69) is 42.6 Å². The maximum atomic E-state index is 13.5. The number of methoxy groups -OCH3 is 2. The van der Waals surface area contributed by atoms with Gasteiger partial charge in [-0.2, -0.15) is 0 Å². The van der Waals surface area contributed by atoms with Crippen LogP contribution < -0.4 is 19.7 Å². The van der Waals surface area contributed by atoms with E-state index in [0.717, 1.165) is 69.1 Å². The van der Waals surface area contributed by atoms with Crippen LogP contribution in [0.25, 0.3) is 11.2 Å². The Balaban J connectivity index is 1.11. The Hall–Kier alpha value is -3.47. The van der Waals surface area contributed by atoms with Crippen molar-refractivity contribution < 1.29 is 14.3 Å². The largest absolute Gasteiger partial charge is 0.493 e. The molecule has 0 atom stereocenters. The molecule has 1 saturated heterocycles. The fourth-order valence-electron chi connectivity index (χ4n) is 6.38. The van der Waals surface area contributed by atoms with Gasteiger partial charge in [0.05, 0.1) is 14.2 Å². The number of piperazine rings is 1. The van der Waals surface area contributed by atoms with Crippen molar-refractivity contribution in [2.75, 3.05) is 51.8 Å². The molecule has 11 heteroatoms. The number of hydrogen-bond acceptors (Lipinski definition) is 9. The Bertz CT molecular complexity index is 1310. The average molecular weight is 507 g/mol. The fourth-order valence-corrected chi connectivity index (χ4v) is 6.38. The molecule has 1 spiro atoms.